The Kier molecular flexibility index (Phi) is 9.71. The summed E-state index contributed by atoms with van der Waals surface area (Å²) in [5, 5.41) is 21.9. The van der Waals surface area contributed by atoms with Gasteiger partial charge in [-0.2, -0.15) is 11.8 Å². The predicted octanol–water partition coefficient (Wildman–Crippen LogP) is 5.24. The van der Waals surface area contributed by atoms with E-state index in [1.165, 1.54) is 36.6 Å². The van der Waals surface area contributed by atoms with Crippen molar-refractivity contribution in [3.63, 3.8) is 0 Å². The van der Waals surface area contributed by atoms with Crippen molar-refractivity contribution in [2.45, 2.75) is 11.5 Å². The summed E-state index contributed by atoms with van der Waals surface area (Å²) in [6, 6.07) is 8.60. The molecular formula is C16H16Cl2N2O5S2. The molecule has 0 heterocycles. The van der Waals surface area contributed by atoms with E-state index in [-0.39, 0.29) is 17.1 Å². The second-order valence-corrected chi connectivity index (χ2v) is 8.33. The lowest BCUT2D eigenvalue weighted by atomic mass is 10.2. The van der Waals surface area contributed by atoms with Crippen molar-refractivity contribution in [1.82, 2.24) is 0 Å². The molecule has 0 aliphatic rings. The third kappa shape index (κ3) is 7.84. The van der Waals surface area contributed by atoms with Crippen LogP contribution >= 0.6 is 35.0 Å². The number of halogens is 2. The van der Waals surface area contributed by atoms with Gasteiger partial charge in [0.15, 0.2) is 0 Å². The maximum absolute atomic E-state index is 10.9. The summed E-state index contributed by atoms with van der Waals surface area (Å²) < 4.78 is 10.9. The fourth-order valence-corrected chi connectivity index (χ4v) is 3.70. The molecule has 0 saturated heterocycles. The lowest BCUT2D eigenvalue weighted by Gasteiger charge is -2.01. The Bertz CT molecular complexity index is 865. The van der Waals surface area contributed by atoms with E-state index in [1.54, 1.807) is 17.8 Å². The quantitative estimate of drug-likeness (QED) is 0.440. The van der Waals surface area contributed by atoms with Crippen LogP contribution in [-0.2, 0) is 22.3 Å². The summed E-state index contributed by atoms with van der Waals surface area (Å²) in [5.74, 6) is 0.932. The molecule has 1 unspecified atom stereocenters. The van der Waals surface area contributed by atoms with Gasteiger partial charge in [-0.05, 0) is 29.5 Å². The molecule has 0 amide bonds. The molecule has 0 aromatic heterocycles. The largest absolute Gasteiger partial charge is 0.269 e. The average molecular weight is 451 g/mol. The first-order valence-electron chi connectivity index (χ1n) is 7.30. The molecule has 0 aliphatic heterocycles. The Labute approximate surface area is 172 Å². The SMILES string of the molecule is CS(=O)Cc1cc([N+](=O)[O-])ccc1Cl.CSCc1cc([N+](=O)[O-])ccc1Cl. The second kappa shape index (κ2) is 11.2. The van der Waals surface area contributed by atoms with Crippen molar-refractivity contribution in [2.75, 3.05) is 12.5 Å². The molecule has 0 radical (unpaired) electrons. The summed E-state index contributed by atoms with van der Waals surface area (Å²) in [6.45, 7) is 0. The maximum Gasteiger partial charge on any atom is 0.269 e. The summed E-state index contributed by atoms with van der Waals surface area (Å²) >= 11 is 13.2. The normalized spacial score (nSPS) is 11.3. The van der Waals surface area contributed by atoms with Gasteiger partial charge in [0, 0.05) is 62.9 Å². The van der Waals surface area contributed by atoms with Gasteiger partial charge in [-0.1, -0.05) is 23.2 Å². The fraction of sp³-hybridized carbons (Fsp3) is 0.250. The molecule has 1 atom stereocenters. The van der Waals surface area contributed by atoms with Gasteiger partial charge in [-0.3, -0.25) is 24.4 Å². The third-order valence-corrected chi connectivity index (χ3v) is 5.19. The highest BCUT2D eigenvalue weighted by Crippen LogP contribution is 2.25. The second-order valence-electron chi connectivity index (χ2n) is 5.22. The molecule has 146 valence electrons. The van der Waals surface area contributed by atoms with Gasteiger partial charge in [-0.15, -0.1) is 0 Å². The van der Waals surface area contributed by atoms with E-state index in [4.69, 9.17) is 23.2 Å². The molecule has 0 spiro atoms. The first-order valence-corrected chi connectivity index (χ1v) is 11.2. The van der Waals surface area contributed by atoms with Gasteiger partial charge in [0.25, 0.3) is 11.4 Å². The fourth-order valence-electron chi connectivity index (χ4n) is 1.95. The topological polar surface area (TPSA) is 103 Å². The molecule has 27 heavy (non-hydrogen) atoms. The Hall–Kier alpha value is -1.68. The molecular weight excluding hydrogens is 435 g/mol. The number of nitrogens with zero attached hydrogens (tertiary/aromatic N) is 2. The number of thioether (sulfide) groups is 1. The first kappa shape index (κ1) is 23.4. The van der Waals surface area contributed by atoms with Gasteiger partial charge >= 0.3 is 0 Å². The zero-order valence-corrected chi connectivity index (χ0v) is 17.5. The summed E-state index contributed by atoms with van der Waals surface area (Å²) in [6.07, 6.45) is 3.45. The molecule has 2 aromatic rings. The van der Waals surface area contributed by atoms with Crippen molar-refractivity contribution in [2.24, 2.45) is 0 Å². The number of rotatable bonds is 6. The zero-order valence-electron chi connectivity index (χ0n) is 14.4. The number of nitro benzene ring substituents is 2. The highest BCUT2D eigenvalue weighted by atomic mass is 35.5. The summed E-state index contributed by atoms with van der Waals surface area (Å²) in [5.41, 5.74) is 1.41. The van der Waals surface area contributed by atoms with Gasteiger partial charge < -0.3 is 0 Å². The number of hydrogen-bond donors (Lipinski definition) is 0. The van der Waals surface area contributed by atoms with E-state index in [0.717, 1.165) is 5.56 Å². The van der Waals surface area contributed by atoms with E-state index in [1.807, 2.05) is 6.26 Å². The van der Waals surface area contributed by atoms with Crippen molar-refractivity contribution in [3.05, 3.63) is 77.8 Å². The average Bonchev–Trinajstić information content (AvgIpc) is 2.58. The van der Waals surface area contributed by atoms with Crippen molar-refractivity contribution >= 4 is 57.1 Å². The molecule has 11 heteroatoms. The van der Waals surface area contributed by atoms with Crippen molar-refractivity contribution in [1.29, 1.82) is 0 Å². The Morgan fingerprint density at radius 3 is 1.81 bits per heavy atom. The van der Waals surface area contributed by atoms with Crippen LogP contribution in [0, 0.1) is 20.2 Å². The predicted molar refractivity (Wildman–Crippen MR) is 111 cm³/mol. The van der Waals surface area contributed by atoms with E-state index in [9.17, 15) is 24.4 Å². The van der Waals surface area contributed by atoms with Crippen LogP contribution in [0.25, 0.3) is 0 Å². The molecule has 0 aliphatic carbocycles. The molecule has 0 fully saturated rings. The highest BCUT2D eigenvalue weighted by Gasteiger charge is 2.10. The van der Waals surface area contributed by atoms with E-state index >= 15 is 0 Å². The van der Waals surface area contributed by atoms with E-state index in [0.29, 0.717) is 21.4 Å². The third-order valence-electron chi connectivity index (χ3n) is 3.14. The number of nitro groups is 2. The van der Waals surface area contributed by atoms with Crippen molar-refractivity contribution in [3.8, 4) is 0 Å². The van der Waals surface area contributed by atoms with Gasteiger partial charge in [0.1, 0.15) is 0 Å². The molecule has 7 nitrogen and oxygen atoms in total. The van der Waals surface area contributed by atoms with Gasteiger partial charge in [0.2, 0.25) is 0 Å². The number of benzene rings is 2. The molecule has 0 N–H and O–H groups in total. The number of hydrogen-bond acceptors (Lipinski definition) is 6. The Morgan fingerprint density at radius 1 is 0.963 bits per heavy atom. The Balaban J connectivity index is 0.000000271. The lowest BCUT2D eigenvalue weighted by molar-refractivity contribution is -0.385. The van der Waals surface area contributed by atoms with Gasteiger partial charge in [-0.25, -0.2) is 0 Å². The van der Waals surface area contributed by atoms with Crippen LogP contribution in [0.15, 0.2) is 36.4 Å². The monoisotopic (exact) mass is 450 g/mol. The van der Waals surface area contributed by atoms with Crippen LogP contribution in [-0.4, -0.2) is 26.6 Å². The summed E-state index contributed by atoms with van der Waals surface area (Å²) in [7, 11) is -1.06. The van der Waals surface area contributed by atoms with Crippen LogP contribution < -0.4 is 0 Å². The lowest BCUT2D eigenvalue weighted by Crippen LogP contribution is -1.95. The van der Waals surface area contributed by atoms with Gasteiger partial charge in [0.05, 0.1) is 9.85 Å². The van der Waals surface area contributed by atoms with Crippen LogP contribution in [0.4, 0.5) is 11.4 Å². The highest BCUT2D eigenvalue weighted by molar-refractivity contribution is 7.97. The van der Waals surface area contributed by atoms with Crippen LogP contribution in [0.3, 0.4) is 0 Å². The molecule has 0 bridgehead atoms. The van der Waals surface area contributed by atoms with Crippen LogP contribution in [0.5, 0.6) is 0 Å². The first-order chi connectivity index (χ1) is 12.6. The van der Waals surface area contributed by atoms with Crippen molar-refractivity contribution < 1.29 is 14.1 Å². The molecule has 0 saturated carbocycles. The Morgan fingerprint density at radius 2 is 1.41 bits per heavy atom. The van der Waals surface area contributed by atoms with E-state index < -0.39 is 20.6 Å². The molecule has 2 aromatic carbocycles. The minimum Gasteiger partial charge on any atom is -0.260 e. The summed E-state index contributed by atoms with van der Waals surface area (Å²) in [4.78, 5) is 19.9. The molecule has 2 rings (SSSR count). The maximum atomic E-state index is 10.9. The van der Waals surface area contributed by atoms with Crippen LogP contribution in [0.2, 0.25) is 10.0 Å². The van der Waals surface area contributed by atoms with Crippen LogP contribution in [0.1, 0.15) is 11.1 Å². The number of non-ortho nitro benzene ring substituents is 2. The zero-order chi connectivity index (χ0) is 20.6. The standard InChI is InChI=1S/C8H8ClNO3S.C8H8ClNO2S/c1-14(13)5-6-4-7(10(11)12)2-3-8(6)9;1-13-5-6-4-7(10(11)12)2-3-8(6)9/h2-4H,5H2,1H3;2-4H,5H2,1H3. The van der Waals surface area contributed by atoms with E-state index in [2.05, 4.69) is 0 Å². The minimum atomic E-state index is -1.06. The minimum absolute atomic E-state index is 0.0325. The smallest absolute Gasteiger partial charge is 0.260 e.